The molecule has 1 amide bonds. The first-order valence-corrected chi connectivity index (χ1v) is 15.6. The van der Waals surface area contributed by atoms with Gasteiger partial charge in [-0.25, -0.2) is 14.4 Å². The Balaban J connectivity index is 1.10. The summed E-state index contributed by atoms with van der Waals surface area (Å²) in [6.07, 6.45) is -0.995. The minimum absolute atomic E-state index is 0.0515. The van der Waals surface area contributed by atoms with Crippen LogP contribution in [0.15, 0.2) is 48.8 Å². The second-order valence-corrected chi connectivity index (χ2v) is 12.6. The summed E-state index contributed by atoms with van der Waals surface area (Å²) in [5, 5.41) is 22.3. The number of nitrogens with zero attached hydrogens (tertiary/aromatic N) is 7. The summed E-state index contributed by atoms with van der Waals surface area (Å²) >= 11 is 0. The van der Waals surface area contributed by atoms with Crippen molar-refractivity contribution in [1.29, 1.82) is 5.26 Å². The number of aliphatic hydroxyl groups excluding tert-OH is 1. The van der Waals surface area contributed by atoms with Crippen LogP contribution in [0, 0.1) is 16.7 Å². The number of piperazine rings is 1. The molecule has 3 aromatic rings. The molecule has 4 heterocycles. The van der Waals surface area contributed by atoms with Crippen LogP contribution in [0.2, 0.25) is 0 Å². The Labute approximate surface area is 267 Å². The van der Waals surface area contributed by atoms with Crippen LogP contribution in [-0.4, -0.2) is 113 Å². The number of carbonyl (C=O) groups is 1. The summed E-state index contributed by atoms with van der Waals surface area (Å²) in [6.45, 7) is 9.20. The maximum atomic E-state index is 15.3. The number of amides is 1. The van der Waals surface area contributed by atoms with Crippen LogP contribution in [0.25, 0.3) is 11.4 Å². The Bertz CT molecular complexity index is 1570. The van der Waals surface area contributed by atoms with Crippen molar-refractivity contribution in [3.8, 4) is 23.2 Å². The maximum Gasteiger partial charge on any atom is 0.230 e. The van der Waals surface area contributed by atoms with E-state index < -0.39 is 17.7 Å². The number of nitriles is 1. The third-order valence-corrected chi connectivity index (χ3v) is 8.89. The second kappa shape index (κ2) is 13.5. The van der Waals surface area contributed by atoms with Crippen LogP contribution in [0.4, 0.5) is 21.7 Å². The predicted octanol–water partition coefficient (Wildman–Crippen LogP) is 3.01. The van der Waals surface area contributed by atoms with Crippen LogP contribution in [0.1, 0.15) is 25.8 Å². The third-order valence-electron chi connectivity index (χ3n) is 8.89. The molecule has 2 atom stereocenters. The molecule has 3 fully saturated rings. The lowest BCUT2D eigenvalue weighted by molar-refractivity contribution is -0.142. The molecule has 3 aliphatic heterocycles. The van der Waals surface area contributed by atoms with Crippen molar-refractivity contribution in [3.05, 3.63) is 54.4 Å². The lowest BCUT2D eigenvalue weighted by Gasteiger charge is -2.45. The molecule has 0 saturated carbocycles. The number of aromatic nitrogens is 3. The number of anilines is 3. The van der Waals surface area contributed by atoms with Crippen LogP contribution < -0.4 is 15.0 Å². The molecule has 0 bridgehead atoms. The van der Waals surface area contributed by atoms with Gasteiger partial charge in [-0.15, -0.1) is 0 Å². The lowest BCUT2D eigenvalue weighted by atomic mass is 9.80. The van der Waals surface area contributed by atoms with E-state index >= 15 is 4.39 Å². The van der Waals surface area contributed by atoms with Crippen LogP contribution >= 0.6 is 0 Å². The van der Waals surface area contributed by atoms with Gasteiger partial charge < -0.3 is 29.7 Å². The number of carbonyl (C=O) groups excluding carboxylic acids is 1. The third kappa shape index (κ3) is 6.89. The number of nitrogens with one attached hydrogen (secondary N) is 1. The Morgan fingerprint density at radius 2 is 1.91 bits per heavy atom. The van der Waals surface area contributed by atoms with E-state index in [1.54, 1.807) is 18.2 Å². The number of likely N-dealkylation sites (tertiary alicyclic amines) is 1. The number of piperidine rings is 1. The van der Waals surface area contributed by atoms with Gasteiger partial charge in [0.25, 0.3) is 0 Å². The largest absolute Gasteiger partial charge is 0.485 e. The number of benzene rings is 2. The van der Waals surface area contributed by atoms with Gasteiger partial charge in [-0.1, -0.05) is 13.8 Å². The van der Waals surface area contributed by atoms with Crippen molar-refractivity contribution in [1.82, 2.24) is 24.8 Å². The number of hydrogen-bond acceptors (Lipinski definition) is 11. The first-order chi connectivity index (χ1) is 22.2. The van der Waals surface area contributed by atoms with Crippen LogP contribution in [-0.2, 0) is 9.53 Å². The van der Waals surface area contributed by atoms with Gasteiger partial charge in [0.1, 0.15) is 24.3 Å². The van der Waals surface area contributed by atoms with Gasteiger partial charge in [0.2, 0.25) is 11.9 Å². The highest BCUT2D eigenvalue weighted by Crippen LogP contribution is 2.36. The fraction of sp³-hybridized carbons (Fsp3) is 0.485. The summed E-state index contributed by atoms with van der Waals surface area (Å²) in [4.78, 5) is 31.7. The minimum Gasteiger partial charge on any atom is -0.485 e. The highest BCUT2D eigenvalue weighted by Gasteiger charge is 2.46. The van der Waals surface area contributed by atoms with Crippen molar-refractivity contribution in [2.24, 2.45) is 5.41 Å². The summed E-state index contributed by atoms with van der Waals surface area (Å²) in [5.41, 5.74) is 2.06. The van der Waals surface area contributed by atoms with E-state index in [9.17, 15) is 10.1 Å². The van der Waals surface area contributed by atoms with Crippen molar-refractivity contribution in [2.75, 3.05) is 69.3 Å². The van der Waals surface area contributed by atoms with Gasteiger partial charge in [-0.2, -0.15) is 10.2 Å². The SMILES string of the molecule is CC1(C)CN(C(=O)CCO)C[C@H](F)[C@H]1Oc1ccc(-c2ncnc(Nc3ccc(N4CCN(C5COC5)CC4)cc3)n2)cc1C#N. The summed E-state index contributed by atoms with van der Waals surface area (Å²) in [7, 11) is 0. The number of ether oxygens (including phenoxy) is 2. The molecular weight excluding hydrogens is 591 g/mol. The smallest absolute Gasteiger partial charge is 0.230 e. The maximum absolute atomic E-state index is 15.3. The normalized spacial score (nSPS) is 21.7. The number of hydrogen-bond donors (Lipinski definition) is 2. The molecular formula is C33H39FN8O4. The first-order valence-electron chi connectivity index (χ1n) is 15.6. The minimum atomic E-state index is -1.47. The van der Waals surface area contributed by atoms with Gasteiger partial charge in [-0.05, 0) is 42.5 Å². The van der Waals surface area contributed by atoms with Gasteiger partial charge >= 0.3 is 0 Å². The standard InChI is InChI=1S/C33H39FN8O4/c1-33(2)20-42(29(44)9-14-43)17-27(34)30(33)46-28-8-3-22(15-23(28)16-35)31-36-21-37-32(39-31)38-24-4-6-25(7-5-24)40-10-12-41(13-11-40)26-18-45-19-26/h3-8,15,21,26-27,30,43H,9-14,17-20H2,1-2H3,(H,36,37,38,39)/t27-,30+/m0/s1. The van der Waals surface area contributed by atoms with Gasteiger partial charge in [0.15, 0.2) is 12.0 Å². The molecule has 3 aliphatic rings. The second-order valence-electron chi connectivity index (χ2n) is 12.6. The topological polar surface area (TPSA) is 140 Å². The molecule has 2 N–H and O–H groups in total. The Hall–Kier alpha value is -4.38. The fourth-order valence-corrected chi connectivity index (χ4v) is 6.28. The van der Waals surface area contributed by atoms with E-state index in [2.05, 4.69) is 48.3 Å². The molecule has 13 heteroatoms. The molecule has 12 nitrogen and oxygen atoms in total. The van der Waals surface area contributed by atoms with Crippen molar-refractivity contribution < 1.29 is 23.8 Å². The number of alkyl halides is 1. The zero-order valence-corrected chi connectivity index (χ0v) is 26.1. The zero-order chi connectivity index (χ0) is 32.3. The molecule has 0 radical (unpaired) electrons. The highest BCUT2D eigenvalue weighted by molar-refractivity contribution is 5.76. The summed E-state index contributed by atoms with van der Waals surface area (Å²) in [5.74, 6) is 0.670. The molecule has 0 unspecified atom stereocenters. The average molecular weight is 631 g/mol. The molecule has 3 saturated heterocycles. The first kappa shape index (κ1) is 31.6. The van der Waals surface area contributed by atoms with E-state index in [-0.39, 0.29) is 43.3 Å². The number of halogens is 1. The quantitative estimate of drug-likeness (QED) is 0.361. The van der Waals surface area contributed by atoms with Crippen molar-refractivity contribution >= 4 is 23.2 Å². The monoisotopic (exact) mass is 630 g/mol. The van der Waals surface area contributed by atoms with Crippen LogP contribution in [0.3, 0.4) is 0 Å². The van der Waals surface area contributed by atoms with Gasteiger partial charge in [0, 0.05) is 61.5 Å². The highest BCUT2D eigenvalue weighted by atomic mass is 19.1. The molecule has 0 aliphatic carbocycles. The molecule has 0 spiro atoms. The van der Waals surface area contributed by atoms with E-state index in [1.807, 2.05) is 26.0 Å². The average Bonchev–Trinajstić information content (AvgIpc) is 3.03. The molecule has 242 valence electrons. The summed E-state index contributed by atoms with van der Waals surface area (Å²) < 4.78 is 26.8. The van der Waals surface area contributed by atoms with Crippen molar-refractivity contribution in [3.63, 3.8) is 0 Å². The van der Waals surface area contributed by atoms with E-state index in [0.29, 0.717) is 23.4 Å². The number of aliphatic hydroxyl groups is 1. The van der Waals surface area contributed by atoms with Gasteiger partial charge in [-0.3, -0.25) is 9.69 Å². The van der Waals surface area contributed by atoms with E-state index in [1.165, 1.54) is 16.9 Å². The lowest BCUT2D eigenvalue weighted by Crippen LogP contribution is -2.59. The zero-order valence-electron chi connectivity index (χ0n) is 26.1. The predicted molar refractivity (Wildman–Crippen MR) is 169 cm³/mol. The van der Waals surface area contributed by atoms with E-state index in [0.717, 1.165) is 45.1 Å². The van der Waals surface area contributed by atoms with E-state index in [4.69, 9.17) is 14.6 Å². The Morgan fingerprint density at radius 3 is 2.57 bits per heavy atom. The molecule has 6 rings (SSSR count). The molecule has 2 aromatic carbocycles. The Morgan fingerprint density at radius 1 is 1.15 bits per heavy atom. The number of rotatable bonds is 9. The van der Waals surface area contributed by atoms with Gasteiger partial charge in [0.05, 0.1) is 38.0 Å². The summed E-state index contributed by atoms with van der Waals surface area (Å²) in [6, 6.07) is 15.8. The fourth-order valence-electron chi connectivity index (χ4n) is 6.28. The van der Waals surface area contributed by atoms with Crippen molar-refractivity contribution in [2.45, 2.75) is 38.6 Å². The molecule has 46 heavy (non-hydrogen) atoms. The Kier molecular flexibility index (Phi) is 9.30. The van der Waals surface area contributed by atoms with Crippen LogP contribution in [0.5, 0.6) is 5.75 Å². The molecule has 1 aromatic heterocycles.